The molecule has 0 saturated carbocycles. The topological polar surface area (TPSA) is 168 Å². The number of aromatic nitrogens is 6. The number of nitrogens with one attached hydrogen (secondary N) is 3. The number of hydrogen-bond donors (Lipinski definition) is 4. The molecule has 0 aliphatic heterocycles. The van der Waals surface area contributed by atoms with Gasteiger partial charge in [0, 0.05) is 53.6 Å². The van der Waals surface area contributed by atoms with E-state index in [1.54, 1.807) is 36.8 Å². The van der Waals surface area contributed by atoms with Crippen molar-refractivity contribution in [2.75, 3.05) is 33.5 Å². The van der Waals surface area contributed by atoms with E-state index in [-0.39, 0.29) is 6.54 Å². The molecule has 4 aromatic heterocycles. The zero-order valence-corrected chi connectivity index (χ0v) is 25.7. The molecule has 0 amide bonds. The molecule has 0 fully saturated rings. The van der Waals surface area contributed by atoms with E-state index < -0.39 is 15.8 Å². The first-order valence-electron chi connectivity index (χ1n) is 14.1. The Bertz CT molecular complexity index is 2070. The second kappa shape index (κ2) is 12.2. The molecule has 5 N–H and O–H groups in total. The lowest BCUT2D eigenvalue weighted by atomic mass is 9.99. The van der Waals surface area contributed by atoms with Gasteiger partial charge >= 0.3 is 0 Å². The molecule has 14 heteroatoms. The number of pyridine rings is 2. The summed E-state index contributed by atoms with van der Waals surface area (Å²) in [6, 6.07) is 8.23. The second-order valence-corrected chi connectivity index (χ2v) is 12.9. The second-order valence-electron chi connectivity index (χ2n) is 11.1. The van der Waals surface area contributed by atoms with Gasteiger partial charge in [0.15, 0.2) is 5.82 Å². The minimum atomic E-state index is -3.46. The molecule has 0 spiro atoms. The summed E-state index contributed by atoms with van der Waals surface area (Å²) in [5.74, 6) is 0.645. The normalized spacial score (nSPS) is 13.4. The number of nitrogens with zero attached hydrogens (tertiary/aromatic N) is 5. The fourth-order valence-electron chi connectivity index (χ4n) is 5.00. The van der Waals surface area contributed by atoms with Crippen molar-refractivity contribution in [3.8, 4) is 28.5 Å². The smallest absolute Gasteiger partial charge is 0.209 e. The van der Waals surface area contributed by atoms with Gasteiger partial charge in [0.25, 0.3) is 0 Å². The summed E-state index contributed by atoms with van der Waals surface area (Å²) in [6.07, 6.45) is 10.1. The van der Waals surface area contributed by atoms with Gasteiger partial charge < -0.3 is 20.4 Å². The van der Waals surface area contributed by atoms with Gasteiger partial charge in [-0.1, -0.05) is 6.08 Å². The largest absolute Gasteiger partial charge is 0.491 e. The van der Waals surface area contributed by atoms with Crippen molar-refractivity contribution in [2.24, 2.45) is 5.73 Å². The first-order valence-corrected chi connectivity index (χ1v) is 16.0. The van der Waals surface area contributed by atoms with Gasteiger partial charge in [-0.25, -0.2) is 22.5 Å². The van der Waals surface area contributed by atoms with Crippen LogP contribution in [0.5, 0.6) is 5.75 Å². The summed E-state index contributed by atoms with van der Waals surface area (Å²) in [6.45, 7) is 1.26. The number of hydrogen-bond acceptors (Lipinski definition) is 9. The quantitative estimate of drug-likeness (QED) is 0.181. The summed E-state index contributed by atoms with van der Waals surface area (Å²) >= 11 is 0. The van der Waals surface area contributed by atoms with E-state index in [4.69, 9.17) is 15.5 Å². The minimum absolute atomic E-state index is 0.0518. The number of sulfonamides is 1. The fraction of sp³-hybridized carbons (Fsp3) is 0.226. The monoisotopic (exact) mass is 629 g/mol. The molecular weight excluding hydrogens is 597 g/mol. The molecule has 12 nitrogen and oxygen atoms in total. The maximum Gasteiger partial charge on any atom is 0.209 e. The van der Waals surface area contributed by atoms with Crippen LogP contribution in [-0.4, -0.2) is 77.0 Å². The number of H-pyrrole nitrogens is 2. The van der Waals surface area contributed by atoms with Crippen LogP contribution >= 0.6 is 0 Å². The number of halogens is 1. The Morgan fingerprint density at radius 1 is 1.07 bits per heavy atom. The molecule has 5 aromatic rings. The third-order valence-corrected chi connectivity index (χ3v) is 7.84. The SMILES string of the molecule is CN(C)CCOc1cncc(-c2cc3c(-c4nc5c([nH]4)CC(N)=CC=C5c4cc(F)cc(CNS(C)(=O)=O)c4)n[nH]c3cn2)c1. The lowest BCUT2D eigenvalue weighted by Crippen LogP contribution is -2.21. The third-order valence-electron chi connectivity index (χ3n) is 7.17. The van der Waals surface area contributed by atoms with E-state index in [1.165, 1.54) is 12.1 Å². The van der Waals surface area contributed by atoms with E-state index >= 15 is 0 Å². The molecule has 0 saturated heterocycles. The molecule has 6 rings (SSSR count). The Balaban J connectivity index is 1.35. The van der Waals surface area contributed by atoms with Crippen LogP contribution in [0.2, 0.25) is 0 Å². The molecule has 4 heterocycles. The Morgan fingerprint density at radius 2 is 1.91 bits per heavy atom. The van der Waals surface area contributed by atoms with Crippen LogP contribution in [0.25, 0.3) is 39.3 Å². The van der Waals surface area contributed by atoms with Gasteiger partial charge in [0.05, 0.1) is 35.6 Å². The van der Waals surface area contributed by atoms with Gasteiger partial charge in [-0.2, -0.15) is 5.10 Å². The molecule has 0 unspecified atom stereocenters. The number of ether oxygens (including phenoxy) is 1. The van der Waals surface area contributed by atoms with Crippen LogP contribution < -0.4 is 15.2 Å². The number of benzene rings is 1. The molecule has 1 aliphatic rings. The van der Waals surface area contributed by atoms with Crippen LogP contribution in [-0.2, 0) is 23.0 Å². The van der Waals surface area contributed by atoms with Crippen molar-refractivity contribution in [2.45, 2.75) is 13.0 Å². The van der Waals surface area contributed by atoms with Gasteiger partial charge in [0.2, 0.25) is 10.0 Å². The van der Waals surface area contributed by atoms with Crippen LogP contribution in [0.15, 0.2) is 66.8 Å². The first kappa shape index (κ1) is 30.1. The molecule has 1 aromatic carbocycles. The predicted octanol–water partition coefficient (Wildman–Crippen LogP) is 3.37. The van der Waals surface area contributed by atoms with E-state index in [9.17, 15) is 12.8 Å². The van der Waals surface area contributed by atoms with E-state index in [0.717, 1.165) is 35.0 Å². The summed E-state index contributed by atoms with van der Waals surface area (Å²) in [5, 5.41) is 8.36. The van der Waals surface area contributed by atoms with E-state index in [0.29, 0.717) is 64.1 Å². The number of rotatable bonds is 10. The highest BCUT2D eigenvalue weighted by atomic mass is 32.2. The van der Waals surface area contributed by atoms with Crippen molar-refractivity contribution in [1.29, 1.82) is 0 Å². The summed E-state index contributed by atoms with van der Waals surface area (Å²) < 4.78 is 46.3. The number of imidazole rings is 1. The number of fused-ring (bicyclic) bond motifs is 2. The Labute approximate surface area is 259 Å². The maximum absolute atomic E-state index is 14.7. The summed E-state index contributed by atoms with van der Waals surface area (Å²) in [4.78, 5) is 19.3. The molecule has 0 radical (unpaired) electrons. The lowest BCUT2D eigenvalue weighted by molar-refractivity contribution is 0.261. The minimum Gasteiger partial charge on any atom is -0.491 e. The molecule has 1 aliphatic carbocycles. The molecule has 0 bridgehead atoms. The molecule has 232 valence electrons. The van der Waals surface area contributed by atoms with Crippen molar-refractivity contribution in [3.63, 3.8) is 0 Å². The Kier molecular flexibility index (Phi) is 8.18. The number of likely N-dealkylation sites (N-methyl/N-ethyl adjacent to an activating group) is 1. The van der Waals surface area contributed by atoms with Crippen LogP contribution in [0, 0.1) is 5.82 Å². The van der Waals surface area contributed by atoms with Gasteiger partial charge in [-0.3, -0.25) is 15.1 Å². The van der Waals surface area contributed by atoms with Crippen LogP contribution in [0.3, 0.4) is 0 Å². The number of nitrogens with two attached hydrogens (primary N) is 1. The number of allylic oxidation sites excluding steroid dienone is 3. The van der Waals surface area contributed by atoms with Crippen LogP contribution in [0.4, 0.5) is 4.39 Å². The summed E-state index contributed by atoms with van der Waals surface area (Å²) in [7, 11) is 0.510. The van der Waals surface area contributed by atoms with Crippen LogP contribution in [0.1, 0.15) is 22.5 Å². The first-order chi connectivity index (χ1) is 21.5. The average molecular weight is 630 g/mol. The van der Waals surface area contributed by atoms with Gasteiger partial charge in [0.1, 0.15) is 23.9 Å². The van der Waals surface area contributed by atoms with E-state index in [1.807, 2.05) is 31.1 Å². The lowest BCUT2D eigenvalue weighted by Gasteiger charge is -2.11. The molecular formula is C31H32FN9O3S. The number of aromatic amines is 2. The highest BCUT2D eigenvalue weighted by Crippen LogP contribution is 2.34. The standard InChI is InChI=1S/C31H32FN9O3S/c1-41(2)6-7-44-23-11-20(15-34-16-23)26-13-25-28(17-35-26)39-40-30(25)31-37-27-12-22(33)4-5-24(29(27)38-31)19-8-18(9-21(32)10-19)14-36-45(3,42)43/h4-5,8-11,13,15-17,36H,6-7,12,14,33H2,1-3H3,(H,37,38)(H,39,40). The van der Waals surface area contributed by atoms with Gasteiger partial charge in [-0.05, 0) is 61.6 Å². The Morgan fingerprint density at radius 3 is 2.71 bits per heavy atom. The average Bonchev–Trinajstić information content (AvgIpc) is 3.55. The predicted molar refractivity (Wildman–Crippen MR) is 170 cm³/mol. The summed E-state index contributed by atoms with van der Waals surface area (Å²) in [5.41, 5.74) is 12.6. The van der Waals surface area contributed by atoms with Crippen molar-refractivity contribution in [3.05, 3.63) is 95.1 Å². The maximum atomic E-state index is 14.7. The highest BCUT2D eigenvalue weighted by Gasteiger charge is 2.22. The fourth-order valence-corrected chi connectivity index (χ4v) is 5.43. The zero-order chi connectivity index (χ0) is 31.7. The highest BCUT2D eigenvalue weighted by molar-refractivity contribution is 7.88. The Hall–Kier alpha value is -4.92. The zero-order valence-electron chi connectivity index (χ0n) is 24.9. The van der Waals surface area contributed by atoms with Crippen molar-refractivity contribution < 1.29 is 17.5 Å². The van der Waals surface area contributed by atoms with Gasteiger partial charge in [-0.15, -0.1) is 0 Å². The molecule has 0 atom stereocenters. The molecule has 45 heavy (non-hydrogen) atoms. The third kappa shape index (κ3) is 6.93. The van der Waals surface area contributed by atoms with E-state index in [2.05, 4.69) is 29.9 Å². The van der Waals surface area contributed by atoms with Crippen molar-refractivity contribution in [1.82, 2.24) is 39.8 Å². The van der Waals surface area contributed by atoms with Crippen molar-refractivity contribution >= 4 is 26.5 Å².